The van der Waals surface area contributed by atoms with E-state index in [9.17, 15) is 0 Å². The highest BCUT2D eigenvalue weighted by atomic mass is 35.5. The van der Waals surface area contributed by atoms with E-state index in [1.165, 1.54) is 29.7 Å². The van der Waals surface area contributed by atoms with Gasteiger partial charge in [-0.1, -0.05) is 11.6 Å². The molecule has 164 valence electrons. The van der Waals surface area contributed by atoms with Crippen LogP contribution in [0, 0.1) is 12.3 Å². The first-order valence-corrected chi connectivity index (χ1v) is 11.8. The van der Waals surface area contributed by atoms with E-state index in [2.05, 4.69) is 65.6 Å². The molecular formula is C24H26ClN7. The van der Waals surface area contributed by atoms with E-state index in [0.29, 0.717) is 11.5 Å². The molecule has 3 aromatic rings. The van der Waals surface area contributed by atoms with Gasteiger partial charge >= 0.3 is 0 Å². The van der Waals surface area contributed by atoms with Crippen LogP contribution < -0.4 is 9.80 Å². The zero-order valence-electron chi connectivity index (χ0n) is 18.2. The highest BCUT2D eigenvalue weighted by Crippen LogP contribution is 2.44. The van der Waals surface area contributed by atoms with Crippen molar-refractivity contribution in [2.24, 2.45) is 5.41 Å². The first-order chi connectivity index (χ1) is 15.6. The van der Waals surface area contributed by atoms with E-state index >= 15 is 0 Å². The molecule has 3 aliphatic heterocycles. The summed E-state index contributed by atoms with van der Waals surface area (Å²) in [6.07, 6.45) is 4.46. The summed E-state index contributed by atoms with van der Waals surface area (Å²) in [6.45, 7) is 8.04. The van der Waals surface area contributed by atoms with Crippen LogP contribution in [-0.2, 0) is 13.1 Å². The third kappa shape index (κ3) is 2.94. The largest absolute Gasteiger partial charge is 0.355 e. The molecule has 5 heterocycles. The first-order valence-electron chi connectivity index (χ1n) is 11.5. The second kappa shape index (κ2) is 6.68. The summed E-state index contributed by atoms with van der Waals surface area (Å²) in [6, 6.07) is 11.1. The highest BCUT2D eigenvalue weighted by molar-refractivity contribution is 6.30. The molecule has 0 radical (unpaired) electrons. The number of halogens is 1. The number of nitrogens with zero attached hydrogens (tertiary/aromatic N) is 7. The van der Waals surface area contributed by atoms with Crippen molar-refractivity contribution in [3.8, 4) is 5.69 Å². The van der Waals surface area contributed by atoms with Crippen LogP contribution in [0.25, 0.3) is 5.69 Å². The number of benzene rings is 1. The van der Waals surface area contributed by atoms with Gasteiger partial charge in [-0.25, -0.2) is 4.98 Å². The van der Waals surface area contributed by atoms with Crippen molar-refractivity contribution in [3.05, 3.63) is 58.5 Å². The third-order valence-corrected chi connectivity index (χ3v) is 7.62. The fourth-order valence-corrected chi connectivity index (χ4v) is 5.83. The number of rotatable bonds is 3. The standard InChI is InChI=1S/C24H26ClN7/c1-16-6-7-26-21(8-16)30-12-24(13-30)14-31(15-24)23-28-27-22-11-29(19-3-4-19)10-17-9-18(25)2-5-20(17)32(22)23/h2,5-9,19H,3-4,10-15H2,1H3. The summed E-state index contributed by atoms with van der Waals surface area (Å²) in [5.41, 5.74) is 4.04. The van der Waals surface area contributed by atoms with Gasteiger partial charge in [-0.3, -0.25) is 9.47 Å². The van der Waals surface area contributed by atoms with Gasteiger partial charge in [0.2, 0.25) is 5.95 Å². The minimum absolute atomic E-state index is 0.339. The SMILES string of the molecule is Cc1ccnc(N2CC3(C2)CN(c2nnc4n2-c2ccc(Cl)cc2CN(C2CC2)C4)C3)c1. The second-order valence-electron chi connectivity index (χ2n) is 10.1. The number of hydrogen-bond donors (Lipinski definition) is 0. The molecule has 3 fully saturated rings. The smallest absolute Gasteiger partial charge is 0.231 e. The molecule has 8 heteroatoms. The molecule has 0 unspecified atom stereocenters. The van der Waals surface area contributed by atoms with Crippen molar-refractivity contribution in [3.63, 3.8) is 0 Å². The second-order valence-corrected chi connectivity index (χ2v) is 10.5. The Morgan fingerprint density at radius 3 is 2.56 bits per heavy atom. The molecule has 0 amide bonds. The molecule has 4 aliphatic rings. The third-order valence-electron chi connectivity index (χ3n) is 7.39. The van der Waals surface area contributed by atoms with Gasteiger partial charge in [-0.2, -0.15) is 0 Å². The molecule has 1 spiro atoms. The molecule has 1 saturated carbocycles. The van der Waals surface area contributed by atoms with Crippen LogP contribution in [0.1, 0.15) is 29.8 Å². The van der Waals surface area contributed by atoms with Gasteiger partial charge in [0.05, 0.1) is 12.2 Å². The normalized spacial score (nSPS) is 21.6. The number of pyridine rings is 1. The van der Waals surface area contributed by atoms with E-state index in [1.807, 2.05) is 12.3 Å². The van der Waals surface area contributed by atoms with Crippen molar-refractivity contribution in [1.82, 2.24) is 24.6 Å². The average Bonchev–Trinajstić information content (AvgIpc) is 3.50. The lowest BCUT2D eigenvalue weighted by Gasteiger charge is -2.60. The Hall–Kier alpha value is -2.64. The van der Waals surface area contributed by atoms with E-state index in [0.717, 1.165) is 61.9 Å². The van der Waals surface area contributed by atoms with Crippen LogP contribution in [0.5, 0.6) is 0 Å². The topological polar surface area (TPSA) is 53.3 Å². The summed E-state index contributed by atoms with van der Waals surface area (Å²) in [5.74, 6) is 3.10. The zero-order chi connectivity index (χ0) is 21.4. The minimum atomic E-state index is 0.339. The molecule has 0 bridgehead atoms. The van der Waals surface area contributed by atoms with Crippen LogP contribution in [0.4, 0.5) is 11.8 Å². The molecule has 0 atom stereocenters. The Labute approximate surface area is 192 Å². The van der Waals surface area contributed by atoms with Gasteiger partial charge < -0.3 is 9.80 Å². The lowest BCUT2D eigenvalue weighted by molar-refractivity contribution is 0.153. The Morgan fingerprint density at radius 2 is 1.78 bits per heavy atom. The molecule has 32 heavy (non-hydrogen) atoms. The van der Waals surface area contributed by atoms with Crippen LogP contribution in [0.2, 0.25) is 5.02 Å². The van der Waals surface area contributed by atoms with Gasteiger partial charge in [0.1, 0.15) is 5.82 Å². The number of anilines is 2. The van der Waals surface area contributed by atoms with E-state index in [4.69, 9.17) is 11.6 Å². The Morgan fingerprint density at radius 1 is 0.969 bits per heavy atom. The fourth-order valence-electron chi connectivity index (χ4n) is 5.64. The molecule has 1 aromatic carbocycles. The van der Waals surface area contributed by atoms with E-state index in [-0.39, 0.29) is 0 Å². The minimum Gasteiger partial charge on any atom is -0.355 e. The number of aryl methyl sites for hydroxylation is 1. The maximum Gasteiger partial charge on any atom is 0.231 e. The van der Waals surface area contributed by atoms with Crippen molar-refractivity contribution >= 4 is 23.4 Å². The predicted molar refractivity (Wildman–Crippen MR) is 124 cm³/mol. The van der Waals surface area contributed by atoms with Gasteiger partial charge in [0.15, 0.2) is 5.82 Å². The average molecular weight is 448 g/mol. The number of hydrogen-bond acceptors (Lipinski definition) is 6. The monoisotopic (exact) mass is 447 g/mol. The lowest BCUT2D eigenvalue weighted by Crippen LogP contribution is -2.73. The van der Waals surface area contributed by atoms with Crippen LogP contribution in [0.15, 0.2) is 36.5 Å². The predicted octanol–water partition coefficient (Wildman–Crippen LogP) is 3.43. The summed E-state index contributed by atoms with van der Waals surface area (Å²) in [7, 11) is 0. The van der Waals surface area contributed by atoms with Crippen molar-refractivity contribution in [1.29, 1.82) is 0 Å². The fraction of sp³-hybridized carbons (Fsp3) is 0.458. The Kier molecular flexibility index (Phi) is 3.94. The van der Waals surface area contributed by atoms with Crippen molar-refractivity contribution < 1.29 is 0 Å². The summed E-state index contributed by atoms with van der Waals surface area (Å²) in [4.78, 5) is 11.9. The summed E-state index contributed by atoms with van der Waals surface area (Å²) < 4.78 is 2.28. The van der Waals surface area contributed by atoms with Crippen molar-refractivity contribution in [2.45, 2.75) is 38.9 Å². The van der Waals surface area contributed by atoms with Gasteiger partial charge in [0.25, 0.3) is 0 Å². The van der Waals surface area contributed by atoms with E-state index in [1.54, 1.807) is 0 Å². The molecule has 0 N–H and O–H groups in total. The van der Waals surface area contributed by atoms with Gasteiger partial charge in [-0.15, -0.1) is 10.2 Å². The van der Waals surface area contributed by atoms with Crippen LogP contribution >= 0.6 is 11.6 Å². The Balaban J connectivity index is 1.15. The molecule has 2 aromatic heterocycles. The molecule has 1 aliphatic carbocycles. The van der Waals surface area contributed by atoms with E-state index < -0.39 is 0 Å². The van der Waals surface area contributed by atoms with Gasteiger partial charge in [0, 0.05) is 55.4 Å². The van der Waals surface area contributed by atoms with Crippen molar-refractivity contribution in [2.75, 3.05) is 36.0 Å². The zero-order valence-corrected chi connectivity index (χ0v) is 19.0. The number of fused-ring (bicyclic) bond motifs is 3. The van der Waals surface area contributed by atoms with Gasteiger partial charge in [-0.05, 0) is 61.2 Å². The molecule has 2 saturated heterocycles. The Bertz CT molecular complexity index is 1200. The molecule has 7 nitrogen and oxygen atoms in total. The highest BCUT2D eigenvalue weighted by Gasteiger charge is 2.53. The molecular weight excluding hydrogens is 422 g/mol. The quantitative estimate of drug-likeness (QED) is 0.613. The first kappa shape index (κ1) is 18.9. The summed E-state index contributed by atoms with van der Waals surface area (Å²) in [5, 5.41) is 10.1. The molecule has 7 rings (SSSR count). The van der Waals surface area contributed by atoms with Crippen LogP contribution in [0.3, 0.4) is 0 Å². The van der Waals surface area contributed by atoms with Crippen LogP contribution in [-0.4, -0.2) is 56.9 Å². The summed E-state index contributed by atoms with van der Waals surface area (Å²) >= 11 is 6.37. The lowest BCUT2D eigenvalue weighted by atomic mass is 9.73. The maximum absolute atomic E-state index is 6.37. The maximum atomic E-state index is 6.37. The number of aromatic nitrogens is 4.